The summed E-state index contributed by atoms with van der Waals surface area (Å²) in [6, 6.07) is 3.25. The fraction of sp³-hybridized carbons (Fsp3) is 0.417. The van der Waals surface area contributed by atoms with Crippen LogP contribution >= 0.6 is 0 Å². The van der Waals surface area contributed by atoms with Gasteiger partial charge in [0.05, 0.1) is 6.04 Å². The minimum absolute atomic E-state index is 0.0366. The van der Waals surface area contributed by atoms with E-state index in [0.717, 1.165) is 5.76 Å². The number of carboxylic acids is 1. The van der Waals surface area contributed by atoms with Crippen LogP contribution < -0.4 is 5.32 Å². The summed E-state index contributed by atoms with van der Waals surface area (Å²) in [5, 5.41) is 14.8. The number of aliphatic carboxylic acids is 1. The van der Waals surface area contributed by atoms with Crippen LogP contribution in [0.25, 0.3) is 0 Å². The Labute approximate surface area is 109 Å². The highest BCUT2D eigenvalue weighted by Crippen LogP contribution is 2.17. The van der Waals surface area contributed by atoms with Gasteiger partial charge >= 0.3 is 5.97 Å². The van der Waals surface area contributed by atoms with Crippen molar-refractivity contribution < 1.29 is 24.0 Å². The van der Waals surface area contributed by atoms with E-state index in [4.69, 9.17) is 14.4 Å². The van der Waals surface area contributed by atoms with E-state index in [-0.39, 0.29) is 18.2 Å². The van der Waals surface area contributed by atoms with Gasteiger partial charge in [0, 0.05) is 6.42 Å². The number of carbonyl (C=O) groups is 2. The molecule has 0 bridgehead atoms. The van der Waals surface area contributed by atoms with E-state index in [1.54, 1.807) is 19.1 Å². The molecule has 2 rings (SSSR count). The van der Waals surface area contributed by atoms with Crippen molar-refractivity contribution in [2.75, 3.05) is 0 Å². The number of rotatable bonds is 4. The van der Waals surface area contributed by atoms with Gasteiger partial charge in [-0.15, -0.1) is 0 Å². The molecule has 0 aliphatic carbocycles. The van der Waals surface area contributed by atoms with Gasteiger partial charge in [-0.25, -0.2) is 4.79 Å². The quantitative estimate of drug-likeness (QED) is 0.846. The smallest absolute Gasteiger partial charge is 0.353 e. The van der Waals surface area contributed by atoms with Crippen molar-refractivity contribution in [3.05, 3.63) is 23.7 Å². The summed E-state index contributed by atoms with van der Waals surface area (Å²) in [4.78, 5) is 27.3. The molecule has 2 unspecified atom stereocenters. The zero-order chi connectivity index (χ0) is 14.0. The molecule has 0 spiro atoms. The molecule has 0 saturated heterocycles. The average molecular weight is 266 g/mol. The Morgan fingerprint density at radius 3 is 2.79 bits per heavy atom. The van der Waals surface area contributed by atoms with Crippen LogP contribution in [0.3, 0.4) is 0 Å². The van der Waals surface area contributed by atoms with Crippen LogP contribution in [0.2, 0.25) is 0 Å². The zero-order valence-corrected chi connectivity index (χ0v) is 10.5. The van der Waals surface area contributed by atoms with Crippen molar-refractivity contribution in [3.8, 4) is 0 Å². The summed E-state index contributed by atoms with van der Waals surface area (Å²) in [7, 11) is 0. The van der Waals surface area contributed by atoms with Gasteiger partial charge < -0.3 is 19.7 Å². The van der Waals surface area contributed by atoms with Crippen molar-refractivity contribution in [2.24, 2.45) is 5.16 Å². The number of oxime groups is 1. The van der Waals surface area contributed by atoms with Gasteiger partial charge in [-0.2, -0.15) is 0 Å². The largest absolute Gasteiger partial charge is 0.477 e. The van der Waals surface area contributed by atoms with E-state index in [1.807, 2.05) is 6.92 Å². The maximum Gasteiger partial charge on any atom is 0.353 e. The molecule has 2 N–H and O–H groups in total. The van der Waals surface area contributed by atoms with Crippen molar-refractivity contribution >= 4 is 17.6 Å². The second-order valence-electron chi connectivity index (χ2n) is 4.32. The number of carboxylic acid groups (broad SMARTS) is 1. The molecular formula is C12H14N2O5. The first-order valence-electron chi connectivity index (χ1n) is 5.80. The van der Waals surface area contributed by atoms with E-state index < -0.39 is 18.0 Å². The predicted molar refractivity (Wildman–Crippen MR) is 64.6 cm³/mol. The highest BCUT2D eigenvalue weighted by Gasteiger charge is 2.32. The summed E-state index contributed by atoms with van der Waals surface area (Å²) in [5.74, 6) is -0.209. The van der Waals surface area contributed by atoms with Gasteiger partial charge in [-0.1, -0.05) is 5.16 Å². The molecule has 1 aromatic rings. The Balaban J connectivity index is 1.90. The SMILES string of the molecule is Cc1ccc(C(C)NC(=O)C2CC(C(=O)O)=NO2)o1. The van der Waals surface area contributed by atoms with E-state index >= 15 is 0 Å². The molecule has 1 aliphatic rings. The number of nitrogens with one attached hydrogen (secondary N) is 1. The first-order valence-corrected chi connectivity index (χ1v) is 5.80. The van der Waals surface area contributed by atoms with Gasteiger partial charge in [0.2, 0.25) is 6.10 Å². The first kappa shape index (κ1) is 13.1. The lowest BCUT2D eigenvalue weighted by Gasteiger charge is -2.14. The minimum Gasteiger partial charge on any atom is -0.477 e. The number of nitrogens with zero attached hydrogens (tertiary/aromatic N) is 1. The topological polar surface area (TPSA) is 101 Å². The summed E-state index contributed by atoms with van der Waals surface area (Å²) in [6.45, 7) is 3.58. The van der Waals surface area contributed by atoms with Gasteiger partial charge in [0.1, 0.15) is 11.5 Å². The number of amides is 1. The summed E-state index contributed by atoms with van der Waals surface area (Å²) < 4.78 is 5.39. The molecule has 0 fully saturated rings. The maximum absolute atomic E-state index is 11.9. The lowest BCUT2D eigenvalue weighted by atomic mass is 10.1. The first-order chi connectivity index (χ1) is 8.97. The van der Waals surface area contributed by atoms with Crippen LogP contribution in [0.4, 0.5) is 0 Å². The van der Waals surface area contributed by atoms with E-state index in [0.29, 0.717) is 5.76 Å². The van der Waals surface area contributed by atoms with Crippen molar-refractivity contribution in [1.29, 1.82) is 0 Å². The second-order valence-corrected chi connectivity index (χ2v) is 4.32. The molecule has 1 amide bonds. The Kier molecular flexibility index (Phi) is 3.55. The van der Waals surface area contributed by atoms with E-state index in [1.165, 1.54) is 0 Å². The third-order valence-corrected chi connectivity index (χ3v) is 2.75. The number of hydrogen-bond donors (Lipinski definition) is 2. The van der Waals surface area contributed by atoms with Crippen LogP contribution in [-0.2, 0) is 14.4 Å². The third-order valence-electron chi connectivity index (χ3n) is 2.75. The molecule has 0 aromatic carbocycles. The fourth-order valence-electron chi connectivity index (χ4n) is 1.71. The minimum atomic E-state index is -1.18. The molecule has 7 nitrogen and oxygen atoms in total. The highest BCUT2D eigenvalue weighted by atomic mass is 16.6. The van der Waals surface area contributed by atoms with Crippen LogP contribution in [0.1, 0.15) is 30.9 Å². The summed E-state index contributed by atoms with van der Waals surface area (Å²) in [5.41, 5.74) is -0.151. The Morgan fingerprint density at radius 1 is 1.53 bits per heavy atom. The average Bonchev–Trinajstić information content (AvgIpc) is 2.96. The number of aryl methyl sites for hydroxylation is 1. The van der Waals surface area contributed by atoms with Gasteiger partial charge in [-0.3, -0.25) is 4.79 Å². The van der Waals surface area contributed by atoms with Crippen LogP contribution in [0.15, 0.2) is 21.7 Å². The molecule has 0 saturated carbocycles. The third kappa shape index (κ3) is 2.93. The lowest BCUT2D eigenvalue weighted by Crippen LogP contribution is -2.36. The number of carbonyl (C=O) groups excluding carboxylic acids is 1. The zero-order valence-electron chi connectivity index (χ0n) is 10.5. The molecule has 0 radical (unpaired) electrons. The van der Waals surface area contributed by atoms with Crippen molar-refractivity contribution in [3.63, 3.8) is 0 Å². The normalized spacial score (nSPS) is 19.5. The maximum atomic E-state index is 11.9. The highest BCUT2D eigenvalue weighted by molar-refractivity contribution is 6.36. The second kappa shape index (κ2) is 5.13. The molecule has 2 atom stereocenters. The Bertz CT molecular complexity index is 534. The standard InChI is InChI=1S/C12H14N2O5/c1-6-3-4-9(18-6)7(2)13-11(15)10-5-8(12(16)17)14-19-10/h3-4,7,10H,5H2,1-2H3,(H,13,15)(H,16,17). The number of furan rings is 1. The number of hydrogen-bond acceptors (Lipinski definition) is 5. The molecule has 19 heavy (non-hydrogen) atoms. The van der Waals surface area contributed by atoms with Crippen LogP contribution in [0, 0.1) is 6.92 Å². The predicted octanol–water partition coefficient (Wildman–Crippen LogP) is 0.995. The van der Waals surface area contributed by atoms with Crippen LogP contribution in [-0.4, -0.2) is 28.8 Å². The Hall–Kier alpha value is -2.31. The van der Waals surface area contributed by atoms with Crippen molar-refractivity contribution in [1.82, 2.24) is 5.32 Å². The monoisotopic (exact) mass is 266 g/mol. The summed E-state index contributed by atoms with van der Waals surface area (Å²) >= 11 is 0. The van der Waals surface area contributed by atoms with Crippen LogP contribution in [0.5, 0.6) is 0 Å². The summed E-state index contributed by atoms with van der Waals surface area (Å²) in [6.07, 6.45) is -0.935. The Morgan fingerprint density at radius 2 is 2.26 bits per heavy atom. The molecule has 2 heterocycles. The fourth-order valence-corrected chi connectivity index (χ4v) is 1.71. The molecule has 102 valence electrons. The molecule has 1 aromatic heterocycles. The van der Waals surface area contributed by atoms with Gasteiger partial charge in [0.25, 0.3) is 5.91 Å². The molecule has 7 heteroatoms. The van der Waals surface area contributed by atoms with Crippen molar-refractivity contribution in [2.45, 2.75) is 32.4 Å². The van der Waals surface area contributed by atoms with Gasteiger partial charge in [0.15, 0.2) is 5.71 Å². The lowest BCUT2D eigenvalue weighted by molar-refractivity contribution is -0.132. The van der Waals surface area contributed by atoms with E-state index in [2.05, 4.69) is 10.5 Å². The van der Waals surface area contributed by atoms with E-state index in [9.17, 15) is 9.59 Å². The molecular weight excluding hydrogens is 252 g/mol. The molecule has 1 aliphatic heterocycles. The van der Waals surface area contributed by atoms with Gasteiger partial charge in [-0.05, 0) is 26.0 Å².